The summed E-state index contributed by atoms with van der Waals surface area (Å²) in [4.78, 5) is 17.1. The van der Waals surface area contributed by atoms with Gasteiger partial charge >= 0.3 is 0 Å². The summed E-state index contributed by atoms with van der Waals surface area (Å²) < 4.78 is 24.8. The van der Waals surface area contributed by atoms with Gasteiger partial charge in [0.25, 0.3) is 5.91 Å². The average Bonchev–Trinajstić information content (AvgIpc) is 2.78. The van der Waals surface area contributed by atoms with Crippen molar-refractivity contribution in [2.75, 3.05) is 18.5 Å². The van der Waals surface area contributed by atoms with Crippen LogP contribution in [0.4, 0.5) is 10.1 Å². The molecule has 0 aliphatic carbocycles. The number of nitrogens with one attached hydrogen (secondary N) is 1. The second kappa shape index (κ2) is 11.9. The third-order valence-electron chi connectivity index (χ3n) is 4.41. The van der Waals surface area contributed by atoms with Gasteiger partial charge in [-0.2, -0.15) is 0 Å². The van der Waals surface area contributed by atoms with Gasteiger partial charge in [0.15, 0.2) is 18.1 Å². The van der Waals surface area contributed by atoms with E-state index in [0.29, 0.717) is 39.9 Å². The summed E-state index contributed by atoms with van der Waals surface area (Å²) in [6.07, 6.45) is 1.42. The Hall–Kier alpha value is -3.58. The van der Waals surface area contributed by atoms with Gasteiger partial charge in [-0.05, 0) is 55.8 Å². The van der Waals surface area contributed by atoms with E-state index < -0.39 is 0 Å². The highest BCUT2D eigenvalue weighted by Crippen LogP contribution is 2.37. The van der Waals surface area contributed by atoms with E-state index in [2.05, 4.69) is 10.5 Å². The molecule has 0 saturated carbocycles. The second-order valence-corrected chi connectivity index (χ2v) is 7.51. The van der Waals surface area contributed by atoms with Crippen molar-refractivity contribution in [3.05, 3.63) is 88.2 Å². The molecule has 1 N–H and O–H groups in total. The minimum Gasteiger partial charge on any atom is -0.490 e. The molecule has 0 aliphatic rings. The first-order valence-corrected chi connectivity index (χ1v) is 10.7. The van der Waals surface area contributed by atoms with E-state index in [0.717, 1.165) is 5.56 Å². The van der Waals surface area contributed by atoms with Crippen LogP contribution >= 0.6 is 11.6 Å². The number of aryl methyl sites for hydroxylation is 1. The van der Waals surface area contributed by atoms with Crippen molar-refractivity contribution in [1.29, 1.82) is 0 Å². The fourth-order valence-electron chi connectivity index (χ4n) is 2.88. The van der Waals surface area contributed by atoms with Crippen molar-refractivity contribution < 1.29 is 23.5 Å². The van der Waals surface area contributed by atoms with Crippen molar-refractivity contribution in [2.45, 2.75) is 20.5 Å². The van der Waals surface area contributed by atoms with Crippen molar-refractivity contribution in [3.8, 4) is 11.5 Å². The SMILES string of the molecule is CCOc1cc(/C=N/OCC(=O)Nc2ccc(C)cc2)cc(Cl)c1OCc1cccc(F)c1. The third-order valence-corrected chi connectivity index (χ3v) is 4.69. The van der Waals surface area contributed by atoms with Crippen LogP contribution < -0.4 is 14.8 Å². The van der Waals surface area contributed by atoms with Gasteiger partial charge in [-0.3, -0.25) is 4.79 Å². The standard InChI is InChI=1S/C25H24ClFN2O4/c1-3-31-23-13-19(12-22(26)25(23)32-15-18-5-4-6-20(27)11-18)14-28-33-16-24(30)29-21-9-7-17(2)8-10-21/h4-14H,3,15-16H2,1-2H3,(H,29,30)/b28-14+. The second-order valence-electron chi connectivity index (χ2n) is 7.10. The maximum Gasteiger partial charge on any atom is 0.265 e. The quantitative estimate of drug-likeness (QED) is 0.302. The lowest BCUT2D eigenvalue weighted by Gasteiger charge is -2.14. The monoisotopic (exact) mass is 470 g/mol. The lowest BCUT2D eigenvalue weighted by atomic mass is 10.2. The molecular weight excluding hydrogens is 447 g/mol. The van der Waals surface area contributed by atoms with E-state index in [1.54, 1.807) is 24.3 Å². The zero-order valence-electron chi connectivity index (χ0n) is 18.3. The maximum absolute atomic E-state index is 13.4. The van der Waals surface area contributed by atoms with Gasteiger partial charge in [0.05, 0.1) is 17.8 Å². The lowest BCUT2D eigenvalue weighted by molar-refractivity contribution is -0.120. The fourth-order valence-corrected chi connectivity index (χ4v) is 3.15. The first kappa shape index (κ1) is 24.1. The highest BCUT2D eigenvalue weighted by molar-refractivity contribution is 6.32. The molecule has 1 amide bonds. The number of ether oxygens (including phenoxy) is 2. The number of oxime groups is 1. The Kier molecular flexibility index (Phi) is 8.66. The number of hydrogen-bond donors (Lipinski definition) is 1. The number of carbonyl (C=O) groups is 1. The molecule has 0 saturated heterocycles. The summed E-state index contributed by atoms with van der Waals surface area (Å²) >= 11 is 6.39. The molecule has 0 aromatic heterocycles. The van der Waals surface area contributed by atoms with Crippen LogP contribution in [-0.4, -0.2) is 25.3 Å². The van der Waals surface area contributed by atoms with E-state index in [1.165, 1.54) is 18.3 Å². The Morgan fingerprint density at radius 1 is 1.12 bits per heavy atom. The van der Waals surface area contributed by atoms with Crippen LogP contribution in [0.25, 0.3) is 0 Å². The lowest BCUT2D eigenvalue weighted by Crippen LogP contribution is -2.16. The van der Waals surface area contributed by atoms with Crippen LogP contribution in [0.3, 0.4) is 0 Å². The Morgan fingerprint density at radius 2 is 1.91 bits per heavy atom. The first-order valence-electron chi connectivity index (χ1n) is 10.3. The molecule has 0 bridgehead atoms. The highest BCUT2D eigenvalue weighted by Gasteiger charge is 2.13. The number of halogens is 2. The van der Waals surface area contributed by atoms with Crippen LogP contribution in [0.15, 0.2) is 65.8 Å². The van der Waals surface area contributed by atoms with Crippen LogP contribution in [0, 0.1) is 12.7 Å². The molecule has 0 spiro atoms. The van der Waals surface area contributed by atoms with Gasteiger partial charge in [0.2, 0.25) is 0 Å². The number of nitrogens with zero attached hydrogens (tertiary/aromatic N) is 1. The van der Waals surface area contributed by atoms with Gasteiger partial charge < -0.3 is 19.6 Å². The van der Waals surface area contributed by atoms with Crippen LogP contribution in [-0.2, 0) is 16.2 Å². The van der Waals surface area contributed by atoms with E-state index >= 15 is 0 Å². The van der Waals surface area contributed by atoms with Crippen molar-refractivity contribution in [1.82, 2.24) is 0 Å². The zero-order chi connectivity index (χ0) is 23.6. The van der Waals surface area contributed by atoms with Gasteiger partial charge in [0, 0.05) is 11.3 Å². The number of anilines is 1. The normalized spacial score (nSPS) is 10.8. The number of amides is 1. The molecule has 8 heteroatoms. The minimum absolute atomic E-state index is 0.129. The van der Waals surface area contributed by atoms with E-state index in [9.17, 15) is 9.18 Å². The minimum atomic E-state index is -0.341. The molecule has 3 aromatic carbocycles. The zero-order valence-corrected chi connectivity index (χ0v) is 19.1. The first-order chi connectivity index (χ1) is 15.9. The van der Waals surface area contributed by atoms with Gasteiger partial charge in [-0.25, -0.2) is 4.39 Å². The molecular formula is C25H24ClFN2O4. The van der Waals surface area contributed by atoms with Gasteiger partial charge in [-0.1, -0.05) is 46.6 Å². The van der Waals surface area contributed by atoms with Crippen LogP contribution in [0.5, 0.6) is 11.5 Å². The summed E-state index contributed by atoms with van der Waals surface area (Å²) in [5, 5.41) is 6.85. The number of carbonyl (C=O) groups excluding carboxylic acids is 1. The highest BCUT2D eigenvalue weighted by atomic mass is 35.5. The van der Waals surface area contributed by atoms with Gasteiger partial charge in [0.1, 0.15) is 12.4 Å². The molecule has 0 fully saturated rings. The summed E-state index contributed by atoms with van der Waals surface area (Å²) in [6.45, 7) is 4.08. The summed E-state index contributed by atoms with van der Waals surface area (Å²) in [5.41, 5.74) is 3.04. The smallest absolute Gasteiger partial charge is 0.265 e. The molecule has 0 aliphatic heterocycles. The molecule has 172 valence electrons. The maximum atomic E-state index is 13.4. The van der Waals surface area contributed by atoms with E-state index in [1.807, 2.05) is 38.1 Å². The summed E-state index contributed by atoms with van der Waals surface area (Å²) in [6, 6.07) is 16.9. The summed E-state index contributed by atoms with van der Waals surface area (Å²) in [5.74, 6) is 0.0924. The van der Waals surface area contributed by atoms with E-state index in [-0.39, 0.29) is 24.9 Å². The number of rotatable bonds is 10. The molecule has 3 rings (SSSR count). The van der Waals surface area contributed by atoms with Crippen molar-refractivity contribution in [2.24, 2.45) is 5.16 Å². The Morgan fingerprint density at radius 3 is 2.64 bits per heavy atom. The fraction of sp³-hybridized carbons (Fsp3) is 0.200. The van der Waals surface area contributed by atoms with E-state index in [4.69, 9.17) is 25.9 Å². The predicted molar refractivity (Wildman–Crippen MR) is 127 cm³/mol. The van der Waals surface area contributed by atoms with Crippen molar-refractivity contribution >= 4 is 29.4 Å². The topological polar surface area (TPSA) is 69.2 Å². The van der Waals surface area contributed by atoms with Crippen LogP contribution in [0.2, 0.25) is 5.02 Å². The Labute approximate surface area is 196 Å². The summed E-state index contributed by atoms with van der Waals surface area (Å²) in [7, 11) is 0. The van der Waals surface area contributed by atoms with Crippen molar-refractivity contribution in [3.63, 3.8) is 0 Å². The Balaban J connectivity index is 1.59. The molecule has 6 nitrogen and oxygen atoms in total. The predicted octanol–water partition coefficient (Wildman–Crippen LogP) is 5.75. The Bertz CT molecular complexity index is 1120. The molecule has 33 heavy (non-hydrogen) atoms. The molecule has 0 radical (unpaired) electrons. The molecule has 3 aromatic rings. The molecule has 0 heterocycles. The molecule has 0 unspecified atom stereocenters. The average molecular weight is 471 g/mol. The number of hydrogen-bond acceptors (Lipinski definition) is 5. The largest absolute Gasteiger partial charge is 0.490 e. The van der Waals surface area contributed by atoms with Gasteiger partial charge in [-0.15, -0.1) is 0 Å². The number of benzene rings is 3. The third kappa shape index (κ3) is 7.50. The van der Waals surface area contributed by atoms with Crippen LogP contribution in [0.1, 0.15) is 23.6 Å². The molecule has 0 atom stereocenters.